The SMILES string of the molecule is C=C[C@@H]1C[C@]1(NC(=O)[C@@H]1C[C@@H](Oc2cc(-c3csc(NC(C)C)n3)nc3c(C)c(OC)ccc23)CN1C(=O)[C@@H](NC(=O)NC1CCCC1)C(C)(C)C)C(=O)O. The quantitative estimate of drug-likeness (QED) is 0.136. The van der Waals surface area contributed by atoms with E-state index in [4.69, 9.17) is 19.4 Å². The molecule has 4 amide bonds. The lowest BCUT2D eigenvalue weighted by Crippen LogP contribution is -2.60. The topological polar surface area (TPSA) is 184 Å². The van der Waals surface area contributed by atoms with Gasteiger partial charge >= 0.3 is 12.0 Å². The number of carboxylic acids is 1. The van der Waals surface area contributed by atoms with Gasteiger partial charge in [0.2, 0.25) is 11.8 Å². The summed E-state index contributed by atoms with van der Waals surface area (Å²) in [6.45, 7) is 15.3. The number of aromatic nitrogens is 2. The zero-order chi connectivity index (χ0) is 39.8. The Balaban J connectivity index is 1.34. The molecule has 5 atom stereocenters. The highest BCUT2D eigenvalue weighted by Gasteiger charge is 2.61. The fraction of sp³-hybridized carbons (Fsp3) is 0.550. The van der Waals surface area contributed by atoms with Crippen LogP contribution in [0.3, 0.4) is 0 Å². The van der Waals surface area contributed by atoms with Gasteiger partial charge in [0.1, 0.15) is 40.9 Å². The number of nitrogens with one attached hydrogen (secondary N) is 4. The fourth-order valence-corrected chi connectivity index (χ4v) is 8.50. The second kappa shape index (κ2) is 15.7. The van der Waals surface area contributed by atoms with Gasteiger partial charge in [0, 0.05) is 46.8 Å². The Kier molecular flexibility index (Phi) is 11.3. The van der Waals surface area contributed by atoms with Crippen molar-refractivity contribution >= 4 is 51.2 Å². The molecule has 14 nitrogen and oxygen atoms in total. The van der Waals surface area contributed by atoms with Crippen LogP contribution in [-0.2, 0) is 14.4 Å². The first-order valence-electron chi connectivity index (χ1n) is 19.0. The first-order valence-corrected chi connectivity index (χ1v) is 19.9. The molecule has 15 heteroatoms. The number of aryl methyl sites for hydroxylation is 1. The number of anilines is 1. The van der Waals surface area contributed by atoms with Gasteiger partial charge in [0.25, 0.3) is 0 Å². The van der Waals surface area contributed by atoms with E-state index in [0.717, 1.165) is 36.4 Å². The number of carboxylic acid groups (broad SMARTS) is 1. The van der Waals surface area contributed by atoms with Crippen molar-refractivity contribution in [3.05, 3.63) is 41.8 Å². The summed E-state index contributed by atoms with van der Waals surface area (Å²) in [5.41, 5.74) is 0.441. The Labute approximate surface area is 325 Å². The summed E-state index contributed by atoms with van der Waals surface area (Å²) in [5, 5.41) is 25.5. The molecule has 6 rings (SSSR count). The van der Waals surface area contributed by atoms with Gasteiger partial charge in [-0.2, -0.15) is 0 Å². The minimum Gasteiger partial charge on any atom is -0.496 e. The molecular formula is C40H53N7O7S. The number of fused-ring (bicyclic) bond motifs is 1. The molecule has 3 aliphatic rings. The molecule has 2 saturated carbocycles. The van der Waals surface area contributed by atoms with Crippen LogP contribution >= 0.6 is 11.3 Å². The molecule has 1 saturated heterocycles. The number of amides is 4. The number of likely N-dealkylation sites (tertiary alicyclic amines) is 1. The van der Waals surface area contributed by atoms with Crippen molar-refractivity contribution in [2.75, 3.05) is 19.0 Å². The summed E-state index contributed by atoms with van der Waals surface area (Å²) in [6.07, 6.45) is 4.93. The van der Waals surface area contributed by atoms with Gasteiger partial charge in [0.05, 0.1) is 24.9 Å². The van der Waals surface area contributed by atoms with E-state index in [1.807, 2.05) is 65.1 Å². The second-order valence-electron chi connectivity index (χ2n) is 16.3. The van der Waals surface area contributed by atoms with E-state index >= 15 is 0 Å². The van der Waals surface area contributed by atoms with Gasteiger partial charge in [-0.15, -0.1) is 17.9 Å². The predicted octanol–water partition coefficient (Wildman–Crippen LogP) is 5.65. The van der Waals surface area contributed by atoms with Crippen LogP contribution in [0.5, 0.6) is 11.5 Å². The maximum absolute atomic E-state index is 14.6. The van der Waals surface area contributed by atoms with Crippen LogP contribution in [-0.4, -0.2) is 93.3 Å². The van der Waals surface area contributed by atoms with Crippen molar-refractivity contribution in [1.29, 1.82) is 0 Å². The smallest absolute Gasteiger partial charge is 0.330 e. The van der Waals surface area contributed by atoms with E-state index in [9.17, 15) is 24.3 Å². The number of ether oxygens (including phenoxy) is 2. The predicted molar refractivity (Wildman–Crippen MR) is 211 cm³/mol. The summed E-state index contributed by atoms with van der Waals surface area (Å²) in [5.74, 6) is -1.55. The molecular weight excluding hydrogens is 723 g/mol. The Morgan fingerprint density at radius 1 is 1.11 bits per heavy atom. The lowest BCUT2D eigenvalue weighted by Gasteiger charge is -2.35. The van der Waals surface area contributed by atoms with Crippen LogP contribution in [0.4, 0.5) is 9.93 Å². The van der Waals surface area contributed by atoms with Crippen LogP contribution in [0.15, 0.2) is 36.2 Å². The van der Waals surface area contributed by atoms with Crippen LogP contribution in [0.2, 0.25) is 0 Å². The largest absolute Gasteiger partial charge is 0.496 e. The minimum atomic E-state index is -1.50. The lowest BCUT2D eigenvalue weighted by atomic mass is 9.85. The third kappa shape index (κ3) is 8.36. The summed E-state index contributed by atoms with van der Waals surface area (Å²) in [6, 6.07) is 3.22. The molecule has 0 unspecified atom stereocenters. The molecule has 0 bridgehead atoms. The average molecular weight is 776 g/mol. The third-order valence-corrected chi connectivity index (χ3v) is 11.6. The number of carbonyl (C=O) groups is 4. The molecule has 2 aromatic heterocycles. The number of hydrogen-bond acceptors (Lipinski definition) is 10. The number of carbonyl (C=O) groups excluding carboxylic acids is 3. The molecule has 0 radical (unpaired) electrons. The van der Waals surface area contributed by atoms with E-state index < -0.39 is 58.9 Å². The lowest BCUT2D eigenvalue weighted by molar-refractivity contribution is -0.146. The molecule has 1 aliphatic heterocycles. The first kappa shape index (κ1) is 39.8. The van der Waals surface area contributed by atoms with Gasteiger partial charge in [-0.05, 0) is 57.6 Å². The summed E-state index contributed by atoms with van der Waals surface area (Å²) in [4.78, 5) is 65.6. The molecule has 55 heavy (non-hydrogen) atoms. The van der Waals surface area contributed by atoms with Crippen molar-refractivity contribution in [1.82, 2.24) is 30.8 Å². The Morgan fingerprint density at radius 3 is 2.45 bits per heavy atom. The normalized spacial score (nSPS) is 23.0. The standard InChI is InChI=1S/C40H53N7O7S/c1-9-23-18-40(23,36(50)51)46-34(48)29-16-25(19-47(29)35(49)33(39(5,6)7)45-37(52)42-24-12-10-11-13-24)54-31-17-27(28-20-55-38(44-28)41-21(2)3)43-32-22(4)30(53-8)15-14-26(31)32/h9,14-15,17,20-21,23-25,29,33H,1,10-13,16,18-19H2,2-8H3,(H,41,44)(H,46,48)(H,50,51)(H2,42,45,52)/t23-,25-,29+,33-,40-/m1/s1. The van der Waals surface area contributed by atoms with Crippen molar-refractivity contribution in [3.63, 3.8) is 0 Å². The number of thiazole rings is 1. The number of methoxy groups -OCH3 is 1. The molecule has 3 fully saturated rings. The van der Waals surface area contributed by atoms with Crippen molar-refractivity contribution in [2.45, 2.75) is 116 Å². The van der Waals surface area contributed by atoms with Gasteiger partial charge in [-0.1, -0.05) is 39.7 Å². The van der Waals surface area contributed by atoms with E-state index in [1.54, 1.807) is 7.11 Å². The average Bonchev–Trinajstić information content (AvgIpc) is 3.53. The summed E-state index contributed by atoms with van der Waals surface area (Å²) < 4.78 is 12.4. The zero-order valence-electron chi connectivity index (χ0n) is 32.7. The monoisotopic (exact) mass is 775 g/mol. The van der Waals surface area contributed by atoms with Crippen LogP contribution in [0.25, 0.3) is 22.3 Å². The Bertz CT molecular complexity index is 1970. The van der Waals surface area contributed by atoms with Gasteiger partial charge in [0.15, 0.2) is 5.13 Å². The number of benzene rings is 1. The Morgan fingerprint density at radius 2 is 1.84 bits per heavy atom. The Hall–Kier alpha value is -4.92. The van der Waals surface area contributed by atoms with E-state index in [1.165, 1.54) is 22.3 Å². The molecule has 3 aromatic rings. The summed E-state index contributed by atoms with van der Waals surface area (Å²) >= 11 is 1.47. The molecule has 1 aromatic carbocycles. The first-order chi connectivity index (χ1) is 26.0. The number of rotatable bonds is 13. The van der Waals surface area contributed by atoms with E-state index in [2.05, 4.69) is 27.8 Å². The maximum atomic E-state index is 14.6. The molecule has 3 heterocycles. The second-order valence-corrected chi connectivity index (χ2v) is 17.2. The molecule has 2 aliphatic carbocycles. The van der Waals surface area contributed by atoms with E-state index in [-0.39, 0.29) is 31.5 Å². The molecule has 0 spiro atoms. The van der Waals surface area contributed by atoms with E-state index in [0.29, 0.717) is 33.8 Å². The maximum Gasteiger partial charge on any atom is 0.330 e. The number of hydrogen-bond donors (Lipinski definition) is 5. The van der Waals surface area contributed by atoms with Gasteiger partial charge < -0.3 is 40.7 Å². The van der Waals surface area contributed by atoms with Crippen molar-refractivity contribution < 1.29 is 33.8 Å². The number of aliphatic carboxylic acids is 1. The molecule has 296 valence electrons. The van der Waals surface area contributed by atoms with Gasteiger partial charge in [-0.25, -0.2) is 19.6 Å². The number of pyridine rings is 1. The van der Waals surface area contributed by atoms with Crippen molar-refractivity contribution in [2.24, 2.45) is 11.3 Å². The third-order valence-electron chi connectivity index (χ3n) is 10.8. The van der Waals surface area contributed by atoms with Crippen LogP contribution in [0, 0.1) is 18.3 Å². The van der Waals surface area contributed by atoms with Crippen LogP contribution < -0.4 is 30.7 Å². The minimum absolute atomic E-state index is 0.00776. The number of urea groups is 1. The fourth-order valence-electron chi connectivity index (χ4n) is 7.65. The highest BCUT2D eigenvalue weighted by Crippen LogP contribution is 2.45. The van der Waals surface area contributed by atoms with Gasteiger partial charge in [-0.3, -0.25) is 9.59 Å². The molecule has 5 N–H and O–H groups in total. The zero-order valence-corrected chi connectivity index (χ0v) is 33.5. The highest BCUT2D eigenvalue weighted by atomic mass is 32.1. The van der Waals surface area contributed by atoms with Crippen molar-refractivity contribution in [3.8, 4) is 22.9 Å². The number of nitrogens with zero attached hydrogens (tertiary/aromatic N) is 3. The summed E-state index contributed by atoms with van der Waals surface area (Å²) in [7, 11) is 1.60. The highest BCUT2D eigenvalue weighted by molar-refractivity contribution is 7.14. The van der Waals surface area contributed by atoms with Crippen LogP contribution in [0.1, 0.15) is 78.7 Å².